The Morgan fingerprint density at radius 3 is 1.80 bits per heavy atom. The Bertz CT molecular complexity index is 2390. The Balaban J connectivity index is 0.000000130. The number of piperazine rings is 1. The van der Waals surface area contributed by atoms with Gasteiger partial charge in [0.2, 0.25) is 5.91 Å². The third-order valence-corrected chi connectivity index (χ3v) is 15.2. The number of amides is 2. The number of morpholine rings is 1. The van der Waals surface area contributed by atoms with Gasteiger partial charge in [0.25, 0.3) is 5.91 Å². The third-order valence-electron chi connectivity index (χ3n) is 15.2. The molecule has 3 N–H and O–H groups in total. The average Bonchev–Trinajstić information content (AvgIpc) is 4.12. The zero-order valence-corrected chi connectivity index (χ0v) is 39.7. The summed E-state index contributed by atoms with van der Waals surface area (Å²) in [6, 6.07) is 31.2. The molecule has 6 fully saturated rings. The van der Waals surface area contributed by atoms with Gasteiger partial charge in [0.05, 0.1) is 36.7 Å². The minimum atomic E-state index is -0.593. The number of benzene rings is 3. The Labute approximate surface area is 404 Å². The molecular weight excluding hydrogens is 879 g/mol. The molecule has 1 aromatic heterocycles. The summed E-state index contributed by atoms with van der Waals surface area (Å²) in [7, 11) is 6.38. The number of likely N-dealkylation sites (N-methyl/N-ethyl adjacent to an activating group) is 2. The van der Waals surface area contributed by atoms with Crippen LogP contribution in [-0.4, -0.2) is 174 Å². The van der Waals surface area contributed by atoms with Gasteiger partial charge < -0.3 is 39.5 Å². The van der Waals surface area contributed by atoms with E-state index in [9.17, 15) is 29.4 Å². The first-order chi connectivity index (χ1) is 33.5. The molecule has 4 bridgehead atoms. The van der Waals surface area contributed by atoms with Crippen molar-refractivity contribution in [2.45, 2.75) is 98.9 Å². The first-order valence-electron chi connectivity index (χ1n) is 24.4. The summed E-state index contributed by atoms with van der Waals surface area (Å²) in [5, 5.41) is 21.9. The predicted octanol–water partition coefficient (Wildman–Crippen LogP) is 4.41. The van der Waals surface area contributed by atoms with Gasteiger partial charge >= 0.3 is 11.9 Å². The maximum atomic E-state index is 13.2. The molecule has 366 valence electrons. The Morgan fingerprint density at radius 1 is 0.696 bits per heavy atom. The van der Waals surface area contributed by atoms with Gasteiger partial charge in [0.1, 0.15) is 36.3 Å². The van der Waals surface area contributed by atoms with E-state index in [2.05, 4.69) is 51.0 Å². The molecule has 7 aliphatic heterocycles. The molecule has 7 aliphatic rings. The number of fused-ring (bicyclic) bond motifs is 9. The number of ether oxygens (including phenoxy) is 3. The fraction of sp³-hybridized carbons (Fsp3) is 0.491. The highest BCUT2D eigenvalue weighted by molar-refractivity contribution is 6.17. The van der Waals surface area contributed by atoms with E-state index in [1.807, 2.05) is 66.7 Å². The van der Waals surface area contributed by atoms with Crippen molar-refractivity contribution in [1.29, 1.82) is 0 Å². The summed E-state index contributed by atoms with van der Waals surface area (Å²) in [5.74, 6) is -1.63. The second kappa shape index (κ2) is 21.6. The van der Waals surface area contributed by atoms with Crippen molar-refractivity contribution in [2.24, 2.45) is 0 Å². The average molecular weight is 944 g/mol. The van der Waals surface area contributed by atoms with Crippen LogP contribution in [-0.2, 0) is 28.6 Å². The number of nitrogens with one attached hydrogen (secondary N) is 1. The van der Waals surface area contributed by atoms with Crippen molar-refractivity contribution in [3.8, 4) is 0 Å². The molecule has 69 heavy (non-hydrogen) atoms. The SMILES string of the molecule is CN1CCN(CC(=O)N2c3ccccc3C(=O)Nc3cccnc32)CC1.CN1[C@@H]2CC(OC(=O)[C@H](CO)c3ccccc3)C[C@H]1[C@@H]1O[C@@H]12.CN1[C@@H]2CC[C@H]1CC(OC(=O)C(CO)c1ccccc1)C2. The van der Waals surface area contributed by atoms with E-state index in [-0.39, 0.29) is 49.2 Å². The van der Waals surface area contributed by atoms with Crippen LogP contribution in [0.15, 0.2) is 103 Å². The number of hydrogen-bond donors (Lipinski definition) is 3. The van der Waals surface area contributed by atoms with E-state index in [4.69, 9.17) is 14.2 Å². The minimum Gasteiger partial charge on any atom is -0.462 e. The van der Waals surface area contributed by atoms with Gasteiger partial charge in [-0.3, -0.25) is 33.9 Å². The monoisotopic (exact) mass is 943 g/mol. The zero-order chi connectivity index (χ0) is 48.2. The molecule has 16 heteroatoms. The molecule has 2 amide bonds. The van der Waals surface area contributed by atoms with Gasteiger partial charge in [0, 0.05) is 69.4 Å². The number of nitrogens with zero attached hydrogens (tertiary/aromatic N) is 6. The van der Waals surface area contributed by atoms with Crippen molar-refractivity contribution >= 4 is 40.9 Å². The number of para-hydroxylation sites is 1. The van der Waals surface area contributed by atoms with E-state index in [1.165, 1.54) is 12.8 Å². The number of carbonyl (C=O) groups excluding carboxylic acids is 4. The lowest BCUT2D eigenvalue weighted by Crippen LogP contribution is -2.48. The highest BCUT2D eigenvalue weighted by atomic mass is 16.6. The molecular formula is C53H65N7O9. The van der Waals surface area contributed by atoms with Gasteiger partial charge in [-0.1, -0.05) is 72.8 Å². The van der Waals surface area contributed by atoms with Gasteiger partial charge in [-0.2, -0.15) is 0 Å². The molecule has 8 heterocycles. The molecule has 0 aliphatic carbocycles. The molecule has 3 unspecified atom stereocenters. The Kier molecular flexibility index (Phi) is 15.2. The summed E-state index contributed by atoms with van der Waals surface area (Å²) >= 11 is 0. The van der Waals surface area contributed by atoms with Crippen molar-refractivity contribution in [1.82, 2.24) is 24.6 Å². The number of carbonyl (C=O) groups is 4. The fourth-order valence-corrected chi connectivity index (χ4v) is 11.1. The number of epoxide rings is 1. The summed E-state index contributed by atoms with van der Waals surface area (Å²) in [4.78, 5) is 65.7. The third kappa shape index (κ3) is 10.8. The van der Waals surface area contributed by atoms with Crippen LogP contribution in [0.5, 0.6) is 0 Å². The number of aliphatic hydroxyl groups is 2. The molecule has 3 aromatic carbocycles. The molecule has 0 radical (unpaired) electrons. The lowest BCUT2D eigenvalue weighted by atomic mass is 9.97. The van der Waals surface area contributed by atoms with Gasteiger partial charge in [0.15, 0.2) is 5.82 Å². The highest BCUT2D eigenvalue weighted by Crippen LogP contribution is 2.48. The number of piperidine rings is 2. The summed E-state index contributed by atoms with van der Waals surface area (Å²) in [6.07, 6.45) is 8.15. The summed E-state index contributed by atoms with van der Waals surface area (Å²) < 4.78 is 17.1. The van der Waals surface area contributed by atoms with Crippen LogP contribution in [0.4, 0.5) is 17.2 Å². The molecule has 0 saturated carbocycles. The molecule has 6 saturated heterocycles. The zero-order valence-electron chi connectivity index (χ0n) is 39.7. The van der Waals surface area contributed by atoms with Crippen LogP contribution in [0.2, 0.25) is 0 Å². The van der Waals surface area contributed by atoms with Crippen LogP contribution < -0.4 is 10.2 Å². The van der Waals surface area contributed by atoms with E-state index < -0.39 is 11.8 Å². The smallest absolute Gasteiger partial charge is 0.316 e. The number of esters is 2. The van der Waals surface area contributed by atoms with Crippen molar-refractivity contribution < 1.29 is 43.6 Å². The second-order valence-corrected chi connectivity index (χ2v) is 19.4. The normalized spacial score (nSPS) is 27.8. The van der Waals surface area contributed by atoms with Crippen molar-refractivity contribution in [3.63, 3.8) is 0 Å². The quantitative estimate of drug-likeness (QED) is 0.150. The topological polar surface area (TPSA) is 181 Å². The number of aromatic nitrogens is 1. The van der Waals surface area contributed by atoms with Crippen molar-refractivity contribution in [3.05, 3.63) is 120 Å². The number of pyridine rings is 1. The lowest BCUT2D eigenvalue weighted by Gasteiger charge is -2.38. The van der Waals surface area contributed by atoms with E-state index in [0.717, 1.165) is 63.0 Å². The fourth-order valence-electron chi connectivity index (χ4n) is 11.1. The summed E-state index contributed by atoms with van der Waals surface area (Å²) in [5.41, 5.74) is 3.21. The Morgan fingerprint density at radius 2 is 1.23 bits per heavy atom. The largest absolute Gasteiger partial charge is 0.462 e. The van der Waals surface area contributed by atoms with Gasteiger partial charge in [-0.05, 0) is 82.2 Å². The van der Waals surface area contributed by atoms with Crippen LogP contribution >= 0.6 is 0 Å². The highest BCUT2D eigenvalue weighted by Gasteiger charge is 2.63. The maximum absolute atomic E-state index is 13.2. The standard InChI is InChI=1S/C19H21N5O2.C17H21NO4.C17H23NO3/c1-22-9-11-23(12-10-22)13-17(25)24-16-7-3-2-5-14(16)19(26)21-15-6-4-8-20-18(15)24;1-18-13-7-11(8-14(18)16-15(13)22-16)21-17(20)12(9-19)10-5-3-2-4-6-10;1-18-13-7-8-14(18)10-15(9-13)21-17(20)16(11-19)12-5-3-2-4-6-12/h2-8H,9-13H2,1H3,(H,21,26);2-6,11-16,19H,7-9H2,1H3;2-6,13-16,19H,7-11H2,1H3/t;11?,12-,13-,14+,15-,16+;13-,14+,15?,16?/m.1./s1. The van der Waals surface area contributed by atoms with Crippen LogP contribution in [0.1, 0.15) is 71.8 Å². The Hall–Kier alpha value is -5.59. The number of hydrogen-bond acceptors (Lipinski definition) is 14. The second-order valence-electron chi connectivity index (χ2n) is 19.4. The van der Waals surface area contributed by atoms with Gasteiger partial charge in [-0.15, -0.1) is 0 Å². The molecule has 16 nitrogen and oxygen atoms in total. The van der Waals surface area contributed by atoms with Crippen molar-refractivity contribution in [2.75, 3.05) is 77.3 Å². The number of rotatable bonds is 10. The first-order valence-corrected chi connectivity index (χ1v) is 24.4. The number of aliphatic hydroxyl groups excluding tert-OH is 2. The molecule has 0 spiro atoms. The molecule has 4 aromatic rings. The predicted molar refractivity (Wildman–Crippen MR) is 259 cm³/mol. The van der Waals surface area contributed by atoms with E-state index in [1.54, 1.807) is 41.4 Å². The van der Waals surface area contributed by atoms with E-state index >= 15 is 0 Å². The number of anilines is 3. The van der Waals surface area contributed by atoms with E-state index in [0.29, 0.717) is 65.7 Å². The molecule has 10 atom stereocenters. The maximum Gasteiger partial charge on any atom is 0.316 e. The first kappa shape index (κ1) is 48.4. The molecule has 11 rings (SSSR count). The van der Waals surface area contributed by atoms with Crippen LogP contribution in [0.3, 0.4) is 0 Å². The van der Waals surface area contributed by atoms with Gasteiger partial charge in [-0.25, -0.2) is 4.98 Å². The summed E-state index contributed by atoms with van der Waals surface area (Å²) in [6.45, 7) is 3.46. The van der Waals surface area contributed by atoms with Crippen LogP contribution in [0, 0.1) is 0 Å². The lowest BCUT2D eigenvalue weighted by molar-refractivity contribution is -0.157. The van der Waals surface area contributed by atoms with Crippen LogP contribution in [0.25, 0.3) is 0 Å². The minimum absolute atomic E-state index is 0.00367.